The number of amides is 1. The van der Waals surface area contributed by atoms with Crippen molar-refractivity contribution in [2.24, 2.45) is 0 Å². The van der Waals surface area contributed by atoms with Gasteiger partial charge < -0.3 is 19.3 Å². The molecule has 0 radical (unpaired) electrons. The number of fused-ring (bicyclic) bond motifs is 1. The van der Waals surface area contributed by atoms with Gasteiger partial charge in [0.1, 0.15) is 6.54 Å². The Labute approximate surface area is 191 Å². The lowest BCUT2D eigenvalue weighted by Gasteiger charge is -2.28. The molecule has 1 aromatic carbocycles. The molecule has 7 heteroatoms. The lowest BCUT2D eigenvalue weighted by Crippen LogP contribution is -2.42. The zero-order valence-corrected chi connectivity index (χ0v) is 18.9. The van der Waals surface area contributed by atoms with Crippen molar-refractivity contribution in [3.8, 4) is 11.3 Å². The summed E-state index contributed by atoms with van der Waals surface area (Å²) in [7, 11) is 0. The van der Waals surface area contributed by atoms with Gasteiger partial charge in [0.05, 0.1) is 30.0 Å². The lowest BCUT2D eigenvalue weighted by atomic mass is 9.82. The molecule has 0 unspecified atom stereocenters. The van der Waals surface area contributed by atoms with E-state index in [1.807, 2.05) is 11.0 Å². The van der Waals surface area contributed by atoms with Crippen LogP contribution in [0.4, 0.5) is 0 Å². The maximum Gasteiger partial charge on any atom is 0.335 e. The summed E-state index contributed by atoms with van der Waals surface area (Å²) in [6.07, 6.45) is 5.95. The molecule has 1 saturated carbocycles. The van der Waals surface area contributed by atoms with Crippen LogP contribution in [0.1, 0.15) is 53.9 Å². The molecule has 1 aliphatic carbocycles. The molecule has 32 heavy (non-hydrogen) atoms. The summed E-state index contributed by atoms with van der Waals surface area (Å²) in [5.74, 6) is -0.468. The summed E-state index contributed by atoms with van der Waals surface area (Å²) < 4.78 is 7.49. The van der Waals surface area contributed by atoms with Crippen molar-refractivity contribution < 1.29 is 19.4 Å². The van der Waals surface area contributed by atoms with Gasteiger partial charge in [0, 0.05) is 29.4 Å². The number of carbonyl (C=O) groups is 2. The van der Waals surface area contributed by atoms with E-state index in [4.69, 9.17) is 4.74 Å². The van der Waals surface area contributed by atoms with E-state index in [2.05, 4.69) is 21.4 Å². The van der Waals surface area contributed by atoms with Crippen molar-refractivity contribution in [1.29, 1.82) is 0 Å². The highest BCUT2D eigenvalue weighted by Crippen LogP contribution is 2.44. The molecule has 1 amide bonds. The maximum absolute atomic E-state index is 13.3. The number of nitrogens with zero attached hydrogens (tertiary/aromatic N) is 2. The van der Waals surface area contributed by atoms with Gasteiger partial charge >= 0.3 is 5.97 Å². The molecule has 2 fully saturated rings. The Kier molecular flexibility index (Phi) is 6.02. The van der Waals surface area contributed by atoms with Crippen LogP contribution >= 0.6 is 11.3 Å². The van der Waals surface area contributed by atoms with Crippen molar-refractivity contribution in [3.63, 3.8) is 0 Å². The Hall–Kier alpha value is -2.64. The largest absolute Gasteiger partial charge is 0.478 e. The first-order valence-corrected chi connectivity index (χ1v) is 12.4. The number of thiophene rings is 1. The molecule has 168 valence electrons. The smallest absolute Gasteiger partial charge is 0.335 e. The fourth-order valence-electron chi connectivity index (χ4n) is 5.24. The minimum absolute atomic E-state index is 0.0533. The first-order chi connectivity index (χ1) is 15.6. The van der Waals surface area contributed by atoms with Gasteiger partial charge in [0.2, 0.25) is 5.91 Å². The average molecular weight is 453 g/mol. The number of hydrogen-bond donors (Lipinski definition) is 1. The van der Waals surface area contributed by atoms with E-state index in [1.165, 1.54) is 24.8 Å². The predicted octanol–water partition coefficient (Wildman–Crippen LogP) is 4.97. The molecule has 3 aromatic rings. The predicted molar refractivity (Wildman–Crippen MR) is 125 cm³/mol. The van der Waals surface area contributed by atoms with E-state index >= 15 is 0 Å². The number of ether oxygens (including phenoxy) is 1. The minimum atomic E-state index is -0.949. The van der Waals surface area contributed by atoms with Crippen molar-refractivity contribution in [3.05, 3.63) is 46.2 Å². The molecular formula is C25H28N2O4S. The Bertz CT molecular complexity index is 1120. The van der Waals surface area contributed by atoms with E-state index in [-0.39, 0.29) is 18.0 Å². The van der Waals surface area contributed by atoms with E-state index < -0.39 is 5.97 Å². The minimum Gasteiger partial charge on any atom is -0.478 e. The highest BCUT2D eigenvalue weighted by molar-refractivity contribution is 7.08. The van der Waals surface area contributed by atoms with Crippen LogP contribution in [0, 0.1) is 0 Å². The number of aromatic carboxylic acids is 1. The maximum atomic E-state index is 13.3. The van der Waals surface area contributed by atoms with E-state index in [0.29, 0.717) is 32.2 Å². The second kappa shape index (κ2) is 9.08. The summed E-state index contributed by atoms with van der Waals surface area (Å²) in [5, 5.41) is 14.9. The monoisotopic (exact) mass is 452 g/mol. The first kappa shape index (κ1) is 21.2. The van der Waals surface area contributed by atoms with Crippen molar-refractivity contribution in [2.45, 2.75) is 44.6 Å². The number of hydrogen-bond acceptors (Lipinski definition) is 4. The highest BCUT2D eigenvalue weighted by Gasteiger charge is 2.29. The SMILES string of the molecule is O=C(O)c1ccc2c(C3CCCCC3)c(-c3ccsc3)n(CC(=O)N3CCOCC3)c2c1. The van der Waals surface area contributed by atoms with E-state index in [9.17, 15) is 14.7 Å². The Morgan fingerprint density at radius 3 is 2.56 bits per heavy atom. The highest BCUT2D eigenvalue weighted by atomic mass is 32.1. The van der Waals surface area contributed by atoms with Crippen molar-refractivity contribution in [2.75, 3.05) is 26.3 Å². The van der Waals surface area contributed by atoms with Crippen LogP contribution in [0.5, 0.6) is 0 Å². The fraction of sp³-hybridized carbons (Fsp3) is 0.440. The summed E-state index contributed by atoms with van der Waals surface area (Å²) >= 11 is 1.64. The van der Waals surface area contributed by atoms with E-state index in [1.54, 1.807) is 23.5 Å². The molecule has 1 aliphatic heterocycles. The second-order valence-electron chi connectivity index (χ2n) is 8.73. The third kappa shape index (κ3) is 3.95. The Balaban J connectivity index is 1.69. The number of rotatable bonds is 5. The quantitative estimate of drug-likeness (QED) is 0.593. The van der Waals surface area contributed by atoms with Gasteiger partial charge in [-0.05, 0) is 47.9 Å². The number of aromatic nitrogens is 1. The fourth-order valence-corrected chi connectivity index (χ4v) is 5.88. The Morgan fingerprint density at radius 2 is 1.88 bits per heavy atom. The Morgan fingerprint density at radius 1 is 1.09 bits per heavy atom. The molecule has 1 N–H and O–H groups in total. The number of carboxylic acids is 1. The topological polar surface area (TPSA) is 71.8 Å². The summed E-state index contributed by atoms with van der Waals surface area (Å²) in [6.45, 7) is 2.53. The van der Waals surface area contributed by atoms with Crippen LogP contribution in [0.3, 0.4) is 0 Å². The van der Waals surface area contributed by atoms with Crippen LogP contribution < -0.4 is 0 Å². The lowest BCUT2D eigenvalue weighted by molar-refractivity contribution is -0.135. The molecule has 5 rings (SSSR count). The standard InChI is InChI=1S/C25H28N2O4S/c28-22(26-9-11-31-12-10-26)15-27-21-14-18(25(29)30)6-7-20(21)23(17-4-2-1-3-5-17)24(27)19-8-13-32-16-19/h6-8,13-14,16-17H,1-5,9-12,15H2,(H,29,30). The molecule has 1 saturated heterocycles. The molecule has 0 bridgehead atoms. The van der Waals surface area contributed by atoms with Crippen LogP contribution in [-0.2, 0) is 16.1 Å². The molecule has 2 aromatic heterocycles. The third-order valence-electron chi connectivity index (χ3n) is 6.82. The zero-order chi connectivity index (χ0) is 22.1. The van der Waals surface area contributed by atoms with Gasteiger partial charge in [0.25, 0.3) is 0 Å². The third-order valence-corrected chi connectivity index (χ3v) is 7.50. The molecule has 0 spiro atoms. The van der Waals surface area contributed by atoms with Crippen LogP contribution in [0.2, 0.25) is 0 Å². The molecule has 3 heterocycles. The summed E-state index contributed by atoms with van der Waals surface area (Å²) in [4.78, 5) is 26.9. The van der Waals surface area contributed by atoms with Crippen molar-refractivity contribution in [1.82, 2.24) is 9.47 Å². The van der Waals surface area contributed by atoms with Gasteiger partial charge in [-0.1, -0.05) is 25.3 Å². The number of benzene rings is 1. The number of carboxylic acid groups (broad SMARTS) is 1. The zero-order valence-electron chi connectivity index (χ0n) is 18.1. The normalized spacial score (nSPS) is 17.7. The summed E-state index contributed by atoms with van der Waals surface area (Å²) in [5.41, 5.74) is 4.57. The second-order valence-corrected chi connectivity index (χ2v) is 9.51. The van der Waals surface area contributed by atoms with E-state index in [0.717, 1.165) is 35.0 Å². The summed E-state index contributed by atoms with van der Waals surface area (Å²) in [6, 6.07) is 7.50. The average Bonchev–Trinajstić information content (AvgIpc) is 3.46. The molecular weight excluding hydrogens is 424 g/mol. The van der Waals surface area contributed by atoms with Crippen LogP contribution in [-0.4, -0.2) is 52.8 Å². The van der Waals surface area contributed by atoms with Crippen LogP contribution in [0.15, 0.2) is 35.0 Å². The van der Waals surface area contributed by atoms with Gasteiger partial charge in [-0.15, -0.1) is 0 Å². The number of carbonyl (C=O) groups excluding carboxylic acids is 1. The van der Waals surface area contributed by atoms with Crippen molar-refractivity contribution >= 4 is 34.1 Å². The number of morpholine rings is 1. The molecule has 6 nitrogen and oxygen atoms in total. The van der Waals surface area contributed by atoms with Gasteiger partial charge in [-0.3, -0.25) is 4.79 Å². The first-order valence-electron chi connectivity index (χ1n) is 11.4. The molecule has 0 atom stereocenters. The van der Waals surface area contributed by atoms with Gasteiger partial charge in [-0.25, -0.2) is 4.79 Å². The van der Waals surface area contributed by atoms with Crippen LogP contribution in [0.25, 0.3) is 22.2 Å². The van der Waals surface area contributed by atoms with Gasteiger partial charge in [-0.2, -0.15) is 11.3 Å². The van der Waals surface area contributed by atoms with Gasteiger partial charge in [0.15, 0.2) is 0 Å². The molecule has 2 aliphatic rings.